The van der Waals surface area contributed by atoms with Crippen molar-refractivity contribution in [3.8, 4) is 0 Å². The van der Waals surface area contributed by atoms with Crippen molar-refractivity contribution in [2.24, 2.45) is 5.92 Å². The first kappa shape index (κ1) is 18.0. The molecule has 0 bridgehead atoms. The highest BCUT2D eigenvalue weighted by Gasteiger charge is 2.31. The highest BCUT2D eigenvalue weighted by molar-refractivity contribution is 8.22. The van der Waals surface area contributed by atoms with Crippen molar-refractivity contribution in [2.75, 3.05) is 18.0 Å². The number of hydrogen-bond acceptors (Lipinski definition) is 6. The quantitative estimate of drug-likeness (QED) is 0.752. The van der Waals surface area contributed by atoms with Crippen molar-refractivity contribution < 1.29 is 9.11 Å². The summed E-state index contributed by atoms with van der Waals surface area (Å²) in [4.78, 5) is 9.46. The number of nitrogens with zero attached hydrogens (tertiary/aromatic N) is 4. The average Bonchev–Trinajstić information content (AvgIpc) is 3.09. The van der Waals surface area contributed by atoms with Gasteiger partial charge in [-0.2, -0.15) is 4.31 Å². The summed E-state index contributed by atoms with van der Waals surface area (Å²) in [5, 5.41) is 0. The third-order valence-electron chi connectivity index (χ3n) is 5.37. The van der Waals surface area contributed by atoms with Crippen LogP contribution in [0, 0.1) is 5.92 Å². The van der Waals surface area contributed by atoms with Crippen LogP contribution in [0.5, 0.6) is 0 Å². The summed E-state index contributed by atoms with van der Waals surface area (Å²) in [7, 11) is -2.66. The number of aromatic nitrogens is 3. The van der Waals surface area contributed by atoms with Crippen LogP contribution in [0.15, 0.2) is 0 Å². The van der Waals surface area contributed by atoms with Gasteiger partial charge in [-0.25, -0.2) is 9.97 Å². The van der Waals surface area contributed by atoms with Gasteiger partial charge in [0.15, 0.2) is 5.82 Å². The summed E-state index contributed by atoms with van der Waals surface area (Å²) in [6.07, 6.45) is 5.13. The van der Waals surface area contributed by atoms with Crippen molar-refractivity contribution in [1.29, 1.82) is 0 Å². The minimum absolute atomic E-state index is 0.442. The molecule has 0 amide bonds. The minimum Gasteiger partial charge on any atom is -0.382 e. The second-order valence-corrected chi connectivity index (χ2v) is 10.1. The molecule has 1 saturated heterocycles. The van der Waals surface area contributed by atoms with Crippen LogP contribution in [0.2, 0.25) is 0 Å². The SMILES string of the molecule is CC(C)Cn1c(CN2CCCS2(O)O)nc2c(N)nc3c(c21)CCCC3. The molecule has 1 aliphatic heterocycles. The third kappa shape index (κ3) is 3.09. The zero-order valence-corrected chi connectivity index (χ0v) is 16.4. The molecule has 1 aliphatic carbocycles. The van der Waals surface area contributed by atoms with E-state index in [0.717, 1.165) is 54.8 Å². The molecule has 0 aromatic carbocycles. The van der Waals surface area contributed by atoms with Gasteiger partial charge in [0.05, 0.1) is 17.8 Å². The van der Waals surface area contributed by atoms with Crippen LogP contribution in [-0.4, -0.2) is 40.2 Å². The maximum atomic E-state index is 10.3. The average molecular weight is 380 g/mol. The van der Waals surface area contributed by atoms with Crippen molar-refractivity contribution >= 4 is 27.6 Å². The largest absolute Gasteiger partial charge is 0.382 e. The molecule has 8 heteroatoms. The van der Waals surface area contributed by atoms with E-state index in [1.54, 1.807) is 4.31 Å². The van der Waals surface area contributed by atoms with E-state index in [9.17, 15) is 9.11 Å². The van der Waals surface area contributed by atoms with Crippen LogP contribution in [0.3, 0.4) is 0 Å². The zero-order valence-electron chi connectivity index (χ0n) is 15.6. The number of anilines is 1. The lowest BCUT2D eigenvalue weighted by Crippen LogP contribution is -2.24. The van der Waals surface area contributed by atoms with Crippen molar-refractivity contribution in [3.05, 3.63) is 17.1 Å². The molecule has 2 aromatic rings. The molecule has 3 heterocycles. The van der Waals surface area contributed by atoms with Gasteiger partial charge >= 0.3 is 0 Å². The summed E-state index contributed by atoms with van der Waals surface area (Å²) in [5.74, 6) is 2.27. The fraction of sp³-hybridized carbons (Fsp3) is 0.667. The Labute approximate surface area is 156 Å². The summed E-state index contributed by atoms with van der Waals surface area (Å²) in [6, 6.07) is 0. The predicted molar refractivity (Wildman–Crippen MR) is 106 cm³/mol. The molecule has 0 radical (unpaired) electrons. The van der Waals surface area contributed by atoms with E-state index in [4.69, 9.17) is 10.7 Å². The molecule has 0 unspecified atom stereocenters. The molecule has 0 atom stereocenters. The zero-order chi connectivity index (χ0) is 18.5. The van der Waals surface area contributed by atoms with Crippen LogP contribution in [0.4, 0.5) is 5.82 Å². The Morgan fingerprint density at radius 3 is 2.62 bits per heavy atom. The molecule has 0 saturated carbocycles. The highest BCUT2D eigenvalue weighted by Crippen LogP contribution is 2.49. The third-order valence-corrected chi connectivity index (χ3v) is 7.35. The van der Waals surface area contributed by atoms with Gasteiger partial charge in [-0.1, -0.05) is 13.8 Å². The Morgan fingerprint density at radius 2 is 1.92 bits per heavy atom. The van der Waals surface area contributed by atoms with Gasteiger partial charge < -0.3 is 10.3 Å². The number of hydrogen-bond donors (Lipinski definition) is 3. The van der Waals surface area contributed by atoms with E-state index >= 15 is 0 Å². The molecule has 2 aliphatic rings. The Balaban J connectivity index is 1.85. The lowest BCUT2D eigenvalue weighted by Gasteiger charge is -2.36. The number of aryl methyl sites for hydroxylation is 2. The topological polar surface area (TPSA) is 100 Å². The number of pyridine rings is 1. The first-order chi connectivity index (χ1) is 12.4. The standard InChI is InChI=1S/C18H29N5O2S/c1-12(2)10-23-15(11-22-8-5-9-26(22,24)25)21-16-17(23)13-6-3-4-7-14(13)20-18(16)19/h12,24-25H,3-11H2,1-2H3,(H2,19,20). The molecule has 7 nitrogen and oxygen atoms in total. The van der Waals surface area contributed by atoms with E-state index in [0.29, 0.717) is 30.6 Å². The number of nitrogen functional groups attached to an aromatic ring is 1. The molecule has 26 heavy (non-hydrogen) atoms. The lowest BCUT2D eigenvalue weighted by atomic mass is 9.94. The maximum absolute atomic E-state index is 10.3. The Kier molecular flexibility index (Phi) is 4.63. The summed E-state index contributed by atoms with van der Waals surface area (Å²) in [6.45, 7) is 6.36. The summed E-state index contributed by atoms with van der Waals surface area (Å²) in [5.41, 5.74) is 10.6. The van der Waals surface area contributed by atoms with E-state index in [1.807, 2.05) is 0 Å². The van der Waals surface area contributed by atoms with Gasteiger partial charge in [-0.05, 0) is 43.6 Å². The molecule has 4 N–H and O–H groups in total. The van der Waals surface area contributed by atoms with Gasteiger partial charge in [0.25, 0.3) is 0 Å². The first-order valence-corrected chi connectivity index (χ1v) is 11.2. The van der Waals surface area contributed by atoms with Crippen molar-refractivity contribution in [1.82, 2.24) is 18.8 Å². The van der Waals surface area contributed by atoms with E-state index in [1.165, 1.54) is 12.0 Å². The fourth-order valence-electron chi connectivity index (χ4n) is 4.18. The van der Waals surface area contributed by atoms with Gasteiger partial charge in [0, 0.05) is 18.8 Å². The first-order valence-electron chi connectivity index (χ1n) is 9.54. The molecule has 4 rings (SSSR count). The molecular formula is C18H29N5O2S. The van der Waals surface area contributed by atoms with E-state index < -0.39 is 10.8 Å². The van der Waals surface area contributed by atoms with Crippen LogP contribution in [0.1, 0.15) is 50.2 Å². The number of rotatable bonds is 4. The molecule has 144 valence electrons. The van der Waals surface area contributed by atoms with Gasteiger partial charge in [-0.3, -0.25) is 9.11 Å². The smallest absolute Gasteiger partial charge is 0.151 e. The Bertz CT molecular complexity index is 833. The second kappa shape index (κ2) is 6.67. The fourth-order valence-corrected chi connectivity index (χ4v) is 5.70. The van der Waals surface area contributed by atoms with Gasteiger partial charge in [-0.15, -0.1) is 10.8 Å². The lowest BCUT2D eigenvalue weighted by molar-refractivity contribution is 0.360. The normalized spacial score (nSPS) is 21.4. The van der Waals surface area contributed by atoms with Crippen LogP contribution >= 0.6 is 10.8 Å². The molecule has 2 aromatic heterocycles. The number of nitrogens with two attached hydrogens (primary N) is 1. The van der Waals surface area contributed by atoms with Gasteiger partial charge in [0.1, 0.15) is 11.3 Å². The number of fused-ring (bicyclic) bond motifs is 3. The highest BCUT2D eigenvalue weighted by atomic mass is 32.3. The molecule has 1 fully saturated rings. The van der Waals surface area contributed by atoms with Gasteiger partial charge in [0.2, 0.25) is 0 Å². The Morgan fingerprint density at radius 1 is 1.15 bits per heavy atom. The van der Waals surface area contributed by atoms with E-state index in [-0.39, 0.29) is 0 Å². The minimum atomic E-state index is -2.66. The summed E-state index contributed by atoms with van der Waals surface area (Å²) >= 11 is 0. The molecular weight excluding hydrogens is 350 g/mol. The van der Waals surface area contributed by atoms with Crippen LogP contribution < -0.4 is 5.73 Å². The molecule has 0 spiro atoms. The Hall–Kier alpha value is -1.35. The second-order valence-electron chi connectivity index (χ2n) is 7.91. The maximum Gasteiger partial charge on any atom is 0.151 e. The van der Waals surface area contributed by atoms with E-state index in [2.05, 4.69) is 23.4 Å². The monoisotopic (exact) mass is 379 g/mol. The number of imidazole rings is 1. The van der Waals surface area contributed by atoms with Crippen LogP contribution in [-0.2, 0) is 25.9 Å². The predicted octanol–water partition coefficient (Wildman–Crippen LogP) is 3.42. The van der Waals surface area contributed by atoms with Crippen molar-refractivity contribution in [2.45, 2.75) is 59.0 Å². The van der Waals surface area contributed by atoms with Crippen molar-refractivity contribution in [3.63, 3.8) is 0 Å². The summed E-state index contributed by atoms with van der Waals surface area (Å²) < 4.78 is 24.6. The van der Waals surface area contributed by atoms with Crippen LogP contribution in [0.25, 0.3) is 11.0 Å².